The van der Waals surface area contributed by atoms with Gasteiger partial charge in [0.05, 0.1) is 0 Å². The number of carbonyl (C=O) groups is 2. The van der Waals surface area contributed by atoms with Gasteiger partial charge in [-0.25, -0.2) is 4.98 Å². The van der Waals surface area contributed by atoms with Crippen molar-refractivity contribution >= 4 is 23.2 Å². The van der Waals surface area contributed by atoms with Crippen molar-refractivity contribution < 1.29 is 9.59 Å². The molecule has 2 aromatic rings. The summed E-state index contributed by atoms with van der Waals surface area (Å²) in [5, 5.41) is 2.33. The van der Waals surface area contributed by atoms with Gasteiger partial charge in [-0.15, -0.1) is 11.3 Å². The lowest BCUT2D eigenvalue weighted by Gasteiger charge is -2.01. The van der Waals surface area contributed by atoms with E-state index in [0.717, 1.165) is 5.56 Å². The Labute approximate surface area is 107 Å². The molecule has 7 heteroatoms. The summed E-state index contributed by atoms with van der Waals surface area (Å²) in [5.41, 5.74) is 5.57. The lowest BCUT2D eigenvalue weighted by molar-refractivity contribution is -0.119. The maximum Gasteiger partial charge on any atom is 0.289 e. The summed E-state index contributed by atoms with van der Waals surface area (Å²) >= 11 is 1.34. The highest BCUT2D eigenvalue weighted by Gasteiger charge is 2.11. The lowest BCUT2D eigenvalue weighted by atomic mass is 10.3. The number of aromatic nitrogens is 2. The van der Waals surface area contributed by atoms with Crippen LogP contribution < -0.4 is 10.9 Å². The van der Waals surface area contributed by atoms with Crippen molar-refractivity contribution in [2.75, 3.05) is 0 Å². The van der Waals surface area contributed by atoms with Crippen molar-refractivity contribution in [1.29, 1.82) is 0 Å². The van der Waals surface area contributed by atoms with Crippen LogP contribution in [0.4, 0.5) is 0 Å². The van der Waals surface area contributed by atoms with Crippen LogP contribution in [0, 0.1) is 0 Å². The lowest BCUT2D eigenvalue weighted by Crippen LogP contribution is -2.40. The smallest absolute Gasteiger partial charge is 0.274 e. The summed E-state index contributed by atoms with van der Waals surface area (Å²) in [4.78, 5) is 30.4. The van der Waals surface area contributed by atoms with E-state index in [-0.39, 0.29) is 11.6 Å². The zero-order valence-electron chi connectivity index (χ0n) is 9.51. The molecule has 0 unspecified atom stereocenters. The normalized spacial score (nSPS) is 9.83. The van der Waals surface area contributed by atoms with E-state index >= 15 is 0 Å². The molecule has 2 aromatic heterocycles. The summed E-state index contributed by atoms with van der Waals surface area (Å²) in [6.45, 7) is 1.31. The molecule has 0 aromatic carbocycles. The van der Waals surface area contributed by atoms with E-state index in [1.165, 1.54) is 18.3 Å². The molecule has 0 radical (unpaired) electrons. The molecule has 92 valence electrons. The van der Waals surface area contributed by atoms with Gasteiger partial charge in [-0.05, 0) is 12.1 Å². The molecule has 6 nitrogen and oxygen atoms in total. The van der Waals surface area contributed by atoms with E-state index in [1.54, 1.807) is 23.8 Å². The van der Waals surface area contributed by atoms with Gasteiger partial charge in [0.2, 0.25) is 5.91 Å². The first kappa shape index (κ1) is 12.2. The first-order chi connectivity index (χ1) is 8.66. The molecule has 0 saturated heterocycles. The predicted octanol–water partition coefficient (Wildman–Crippen LogP) is 0.986. The summed E-state index contributed by atoms with van der Waals surface area (Å²) in [6.07, 6.45) is 3.34. The molecule has 0 bridgehead atoms. The van der Waals surface area contributed by atoms with E-state index in [9.17, 15) is 9.59 Å². The average Bonchev–Trinajstić information content (AvgIpc) is 2.86. The fourth-order valence-corrected chi connectivity index (χ4v) is 2.00. The minimum atomic E-state index is -0.448. The second kappa shape index (κ2) is 5.37. The highest BCUT2D eigenvalue weighted by Crippen LogP contribution is 2.22. The Morgan fingerprint density at radius 3 is 2.83 bits per heavy atom. The summed E-state index contributed by atoms with van der Waals surface area (Å²) in [5.74, 6) is -0.789. The monoisotopic (exact) mass is 262 g/mol. The number of hydrogen-bond donors (Lipinski definition) is 2. The second-order valence-corrected chi connectivity index (χ2v) is 4.27. The number of carbonyl (C=O) groups excluding carboxylic acids is 2. The first-order valence-electron chi connectivity index (χ1n) is 5.09. The number of pyridine rings is 1. The van der Waals surface area contributed by atoms with Crippen molar-refractivity contribution in [2.24, 2.45) is 0 Å². The van der Waals surface area contributed by atoms with E-state index in [0.29, 0.717) is 5.01 Å². The molecule has 0 atom stereocenters. The van der Waals surface area contributed by atoms with Gasteiger partial charge in [0.1, 0.15) is 10.7 Å². The minimum Gasteiger partial charge on any atom is -0.274 e. The maximum atomic E-state index is 11.6. The highest BCUT2D eigenvalue weighted by molar-refractivity contribution is 7.13. The van der Waals surface area contributed by atoms with E-state index in [2.05, 4.69) is 20.8 Å². The van der Waals surface area contributed by atoms with Crippen LogP contribution in [0.2, 0.25) is 0 Å². The standard InChI is InChI=1S/C11H10N4O2S/c1-7(16)14-15-10(17)9-6-18-11(13-9)8-3-2-4-12-5-8/h2-6H,1H3,(H,14,16)(H,15,17). The second-order valence-electron chi connectivity index (χ2n) is 3.41. The Bertz CT molecular complexity index is 567. The minimum absolute atomic E-state index is 0.257. The molecule has 2 N–H and O–H groups in total. The van der Waals surface area contributed by atoms with Crippen LogP contribution in [0.1, 0.15) is 17.4 Å². The quantitative estimate of drug-likeness (QED) is 0.790. The van der Waals surface area contributed by atoms with Gasteiger partial charge in [-0.1, -0.05) is 0 Å². The van der Waals surface area contributed by atoms with Gasteiger partial charge in [0.15, 0.2) is 0 Å². The number of hydrazine groups is 1. The van der Waals surface area contributed by atoms with Crippen LogP contribution in [0.15, 0.2) is 29.9 Å². The molecular formula is C11H10N4O2S. The molecule has 18 heavy (non-hydrogen) atoms. The van der Waals surface area contributed by atoms with Gasteiger partial charge in [0.25, 0.3) is 5.91 Å². The Morgan fingerprint density at radius 2 is 2.17 bits per heavy atom. The van der Waals surface area contributed by atoms with E-state index in [1.807, 2.05) is 6.07 Å². The van der Waals surface area contributed by atoms with Gasteiger partial charge in [-0.3, -0.25) is 25.4 Å². The molecule has 0 fully saturated rings. The molecular weight excluding hydrogens is 252 g/mol. The van der Waals surface area contributed by atoms with Gasteiger partial charge < -0.3 is 0 Å². The van der Waals surface area contributed by atoms with Crippen molar-refractivity contribution in [3.63, 3.8) is 0 Å². The molecule has 2 heterocycles. The number of amides is 2. The molecule has 0 spiro atoms. The number of rotatable bonds is 2. The molecule has 0 aliphatic rings. The summed E-state index contributed by atoms with van der Waals surface area (Å²) in [7, 11) is 0. The average molecular weight is 262 g/mol. The van der Waals surface area contributed by atoms with Crippen LogP contribution in [0.25, 0.3) is 10.6 Å². The SMILES string of the molecule is CC(=O)NNC(=O)c1csc(-c2cccnc2)n1. The van der Waals surface area contributed by atoms with Gasteiger partial charge >= 0.3 is 0 Å². The first-order valence-corrected chi connectivity index (χ1v) is 5.97. The Hall–Kier alpha value is -2.28. The third-order valence-electron chi connectivity index (χ3n) is 2.00. The van der Waals surface area contributed by atoms with Crippen LogP contribution >= 0.6 is 11.3 Å². The number of hydrogen-bond acceptors (Lipinski definition) is 5. The Balaban J connectivity index is 2.11. The van der Waals surface area contributed by atoms with Crippen molar-refractivity contribution in [3.05, 3.63) is 35.6 Å². The molecule has 2 amide bonds. The third kappa shape index (κ3) is 2.89. The fraction of sp³-hybridized carbons (Fsp3) is 0.0909. The van der Waals surface area contributed by atoms with Crippen LogP contribution in [-0.4, -0.2) is 21.8 Å². The molecule has 2 rings (SSSR count). The molecule has 0 aliphatic heterocycles. The van der Waals surface area contributed by atoms with E-state index < -0.39 is 5.91 Å². The van der Waals surface area contributed by atoms with Gasteiger partial charge in [0, 0.05) is 30.3 Å². The highest BCUT2D eigenvalue weighted by atomic mass is 32.1. The fourth-order valence-electron chi connectivity index (χ4n) is 1.21. The summed E-state index contributed by atoms with van der Waals surface area (Å²) in [6, 6.07) is 3.66. The van der Waals surface area contributed by atoms with Crippen LogP contribution in [0.5, 0.6) is 0 Å². The van der Waals surface area contributed by atoms with Crippen molar-refractivity contribution in [1.82, 2.24) is 20.8 Å². The summed E-state index contributed by atoms with van der Waals surface area (Å²) < 4.78 is 0. The van der Waals surface area contributed by atoms with Crippen LogP contribution in [-0.2, 0) is 4.79 Å². The maximum absolute atomic E-state index is 11.6. The number of nitrogens with zero attached hydrogens (tertiary/aromatic N) is 2. The number of thiazole rings is 1. The largest absolute Gasteiger partial charge is 0.289 e. The van der Waals surface area contributed by atoms with Crippen LogP contribution in [0.3, 0.4) is 0 Å². The molecule has 0 saturated carbocycles. The topological polar surface area (TPSA) is 84.0 Å². The zero-order chi connectivity index (χ0) is 13.0. The number of nitrogens with one attached hydrogen (secondary N) is 2. The van der Waals surface area contributed by atoms with E-state index in [4.69, 9.17) is 0 Å². The molecule has 0 aliphatic carbocycles. The Kier molecular flexibility index (Phi) is 3.63. The third-order valence-corrected chi connectivity index (χ3v) is 2.89. The van der Waals surface area contributed by atoms with Gasteiger partial charge in [-0.2, -0.15) is 0 Å². The van der Waals surface area contributed by atoms with Crippen molar-refractivity contribution in [3.8, 4) is 10.6 Å². The zero-order valence-corrected chi connectivity index (χ0v) is 10.3. The predicted molar refractivity (Wildman–Crippen MR) is 66.6 cm³/mol. The van der Waals surface area contributed by atoms with Crippen molar-refractivity contribution in [2.45, 2.75) is 6.92 Å². The Morgan fingerprint density at radius 1 is 1.33 bits per heavy atom.